The molecule has 2 radical (unpaired) electrons. The zero-order valence-electron chi connectivity index (χ0n) is 9.26. The van der Waals surface area contributed by atoms with E-state index in [-0.39, 0.29) is 0 Å². The van der Waals surface area contributed by atoms with Crippen LogP contribution in [-0.4, -0.2) is 12.3 Å². The van der Waals surface area contributed by atoms with Crippen molar-refractivity contribution in [1.82, 2.24) is 0 Å². The summed E-state index contributed by atoms with van der Waals surface area (Å²) in [6.45, 7) is 4.55. The summed E-state index contributed by atoms with van der Waals surface area (Å²) < 4.78 is 0. The van der Waals surface area contributed by atoms with Crippen LogP contribution >= 0.6 is 16.5 Å². The number of hydrogen-bond acceptors (Lipinski definition) is 0. The summed E-state index contributed by atoms with van der Waals surface area (Å²) in [4.78, 5) is 0. The largest absolute Gasteiger partial charge is 0.0654 e. The summed E-state index contributed by atoms with van der Waals surface area (Å²) in [5.41, 5.74) is 0. The van der Waals surface area contributed by atoms with E-state index in [9.17, 15) is 0 Å². The van der Waals surface area contributed by atoms with Gasteiger partial charge < -0.3 is 0 Å². The van der Waals surface area contributed by atoms with E-state index in [0.717, 1.165) is 0 Å². The Morgan fingerprint density at radius 1 is 0.615 bits per heavy atom. The molecule has 0 saturated heterocycles. The zero-order valence-corrected chi connectivity index (χ0v) is 11.0. The topological polar surface area (TPSA) is 0 Å². The lowest BCUT2D eigenvalue weighted by atomic mass is 10.2. The molecule has 0 amide bonds. The smallest absolute Gasteiger partial charge is 0.0242 e. The van der Waals surface area contributed by atoms with E-state index in [4.69, 9.17) is 0 Å². The van der Waals surface area contributed by atoms with Crippen molar-refractivity contribution in [2.75, 3.05) is 12.3 Å². The molecule has 13 heavy (non-hydrogen) atoms. The highest BCUT2D eigenvalue weighted by Crippen LogP contribution is 2.37. The van der Waals surface area contributed by atoms with Crippen LogP contribution in [0.5, 0.6) is 0 Å². The van der Waals surface area contributed by atoms with Gasteiger partial charge in [-0.15, -0.1) is 0 Å². The summed E-state index contributed by atoms with van der Waals surface area (Å²) in [5, 5.41) is 0. The van der Waals surface area contributed by atoms with E-state index in [1.165, 1.54) is 57.3 Å². The van der Waals surface area contributed by atoms with Gasteiger partial charge in [-0.2, -0.15) is 0 Å². The fraction of sp³-hybridized carbons (Fsp3) is 1.00. The predicted molar refractivity (Wildman–Crippen MR) is 67.2 cm³/mol. The zero-order chi connectivity index (χ0) is 9.78. The minimum atomic E-state index is 1.36. The summed E-state index contributed by atoms with van der Waals surface area (Å²) in [7, 11) is 3.34. The molecule has 0 fully saturated rings. The normalized spacial score (nSPS) is 12.5. The third-order valence-corrected chi connectivity index (χ3v) is 5.11. The quantitative estimate of drug-likeness (QED) is 0.332. The molecule has 0 atom stereocenters. The average molecular weight is 218 g/mol. The van der Waals surface area contributed by atoms with Crippen molar-refractivity contribution in [3.05, 3.63) is 0 Å². The van der Waals surface area contributed by atoms with Gasteiger partial charge in [0.2, 0.25) is 0 Å². The second-order valence-electron chi connectivity index (χ2n) is 3.50. The maximum atomic E-state index is 2.28. The third-order valence-electron chi connectivity index (χ3n) is 2.07. The van der Waals surface area contributed by atoms with Crippen molar-refractivity contribution in [2.24, 2.45) is 0 Å². The molecule has 0 saturated carbocycles. The van der Waals surface area contributed by atoms with Crippen LogP contribution in [0.15, 0.2) is 0 Å². The molecule has 0 aliphatic heterocycles. The maximum Gasteiger partial charge on any atom is -0.0242 e. The fourth-order valence-electron chi connectivity index (χ4n) is 1.16. The van der Waals surface area contributed by atoms with E-state index in [0.29, 0.717) is 0 Å². The van der Waals surface area contributed by atoms with Crippen molar-refractivity contribution in [3.63, 3.8) is 0 Å². The maximum absolute atomic E-state index is 2.28. The molecule has 0 aliphatic carbocycles. The summed E-state index contributed by atoms with van der Waals surface area (Å²) in [5.74, 6) is 0. The van der Waals surface area contributed by atoms with Crippen molar-refractivity contribution < 1.29 is 0 Å². The highest BCUT2D eigenvalue weighted by molar-refractivity contribution is 8.11. The van der Waals surface area contributed by atoms with Gasteiger partial charge in [0, 0.05) is 0 Å². The van der Waals surface area contributed by atoms with Crippen molar-refractivity contribution in [3.8, 4) is 0 Å². The molecule has 0 aromatic carbocycles. The molecule has 0 N–H and O–H groups in total. The highest BCUT2D eigenvalue weighted by Gasteiger charge is 1.91. The Morgan fingerprint density at radius 2 is 1.15 bits per heavy atom. The van der Waals surface area contributed by atoms with Gasteiger partial charge in [0.15, 0.2) is 0 Å². The number of rotatable bonds is 10. The van der Waals surface area contributed by atoms with Gasteiger partial charge >= 0.3 is 0 Å². The van der Waals surface area contributed by atoms with Crippen LogP contribution in [0.25, 0.3) is 0 Å². The average Bonchev–Trinajstić information content (AvgIpc) is 2.16. The molecule has 0 rings (SSSR count). The second-order valence-corrected chi connectivity index (χ2v) is 6.65. The summed E-state index contributed by atoms with van der Waals surface area (Å²) >= 11 is 0. The highest BCUT2D eigenvalue weighted by atomic mass is 32.0. The minimum absolute atomic E-state index is 1.36. The second kappa shape index (κ2) is 12.9. The van der Waals surface area contributed by atoms with Crippen molar-refractivity contribution >= 4 is 16.5 Å². The van der Waals surface area contributed by atoms with Gasteiger partial charge in [-0.1, -0.05) is 46.0 Å². The van der Waals surface area contributed by atoms with Crippen LogP contribution in [0.4, 0.5) is 0 Å². The minimum Gasteiger partial charge on any atom is -0.0654 e. The summed E-state index contributed by atoms with van der Waals surface area (Å²) in [6.07, 6.45) is 12.8. The Balaban J connectivity index is 2.76. The molecule has 78 valence electrons. The van der Waals surface area contributed by atoms with Gasteiger partial charge in [-0.05, 0) is 41.7 Å². The summed E-state index contributed by atoms with van der Waals surface area (Å²) in [6, 6.07) is 0. The molecule has 0 nitrogen and oxygen atoms in total. The van der Waals surface area contributed by atoms with E-state index in [1.54, 1.807) is 16.5 Å². The first-order chi connectivity index (χ1) is 6.41. The lowest BCUT2D eigenvalue weighted by Gasteiger charge is -1.99. The standard InChI is InChI=1S/C11H24P2/c1-3-5-7-8-9-11-13-12-10-6-4-2/h3-11H2,1-2H3. The van der Waals surface area contributed by atoms with E-state index in [2.05, 4.69) is 13.8 Å². The Morgan fingerprint density at radius 3 is 1.77 bits per heavy atom. The van der Waals surface area contributed by atoms with Crippen LogP contribution in [0.3, 0.4) is 0 Å². The van der Waals surface area contributed by atoms with Gasteiger partial charge in [0.25, 0.3) is 0 Å². The molecule has 0 bridgehead atoms. The molecule has 0 heterocycles. The lowest BCUT2D eigenvalue weighted by Crippen LogP contribution is -1.78. The number of hydrogen-bond donors (Lipinski definition) is 0. The number of unbranched alkanes of at least 4 members (excludes halogenated alkanes) is 5. The fourth-order valence-corrected chi connectivity index (χ4v) is 3.96. The predicted octanol–water partition coefficient (Wildman–Crippen LogP) is 5.56. The van der Waals surface area contributed by atoms with Crippen LogP contribution in [0.1, 0.15) is 58.8 Å². The Hall–Kier alpha value is 0.860. The first kappa shape index (κ1) is 13.9. The molecule has 0 aliphatic rings. The molecule has 0 aromatic rings. The van der Waals surface area contributed by atoms with Gasteiger partial charge in [-0.25, -0.2) is 0 Å². The van der Waals surface area contributed by atoms with Crippen LogP contribution in [-0.2, 0) is 0 Å². The van der Waals surface area contributed by atoms with Crippen molar-refractivity contribution in [1.29, 1.82) is 0 Å². The van der Waals surface area contributed by atoms with Crippen LogP contribution in [0, 0.1) is 0 Å². The van der Waals surface area contributed by atoms with Gasteiger partial charge in [0.05, 0.1) is 0 Å². The van der Waals surface area contributed by atoms with E-state index >= 15 is 0 Å². The SMILES string of the molecule is CCCCCCC[P][P]CCCC. The third kappa shape index (κ3) is 12.9. The van der Waals surface area contributed by atoms with Gasteiger partial charge in [0.1, 0.15) is 0 Å². The molecule has 0 unspecified atom stereocenters. The van der Waals surface area contributed by atoms with Crippen molar-refractivity contribution in [2.45, 2.75) is 58.8 Å². The van der Waals surface area contributed by atoms with Gasteiger partial charge in [-0.3, -0.25) is 0 Å². The first-order valence-electron chi connectivity index (χ1n) is 5.75. The Bertz CT molecular complexity index is 74.2. The molecule has 0 aromatic heterocycles. The van der Waals surface area contributed by atoms with E-state index in [1.807, 2.05) is 0 Å². The van der Waals surface area contributed by atoms with Crippen LogP contribution in [0.2, 0.25) is 0 Å². The molecular formula is C11H24P2. The monoisotopic (exact) mass is 218 g/mol. The first-order valence-corrected chi connectivity index (χ1v) is 8.61. The lowest BCUT2D eigenvalue weighted by molar-refractivity contribution is 0.659. The van der Waals surface area contributed by atoms with E-state index < -0.39 is 0 Å². The Labute approximate surface area is 88.1 Å². The Kier molecular flexibility index (Phi) is 13.7. The molecular weight excluding hydrogens is 194 g/mol. The van der Waals surface area contributed by atoms with Crippen LogP contribution < -0.4 is 0 Å². The molecule has 2 heteroatoms. The molecule has 0 spiro atoms.